The van der Waals surface area contributed by atoms with Gasteiger partial charge >= 0.3 is 0 Å². The van der Waals surface area contributed by atoms with Gasteiger partial charge in [0.05, 0.1) is 11.9 Å². The summed E-state index contributed by atoms with van der Waals surface area (Å²) in [4.78, 5) is 39.0. The first kappa shape index (κ1) is 20.0. The Bertz CT molecular complexity index is 1260. The van der Waals surface area contributed by atoms with Gasteiger partial charge in [0.15, 0.2) is 0 Å². The number of hydrogen-bond acceptors (Lipinski definition) is 8. The number of amides is 1. The summed E-state index contributed by atoms with van der Waals surface area (Å²) >= 11 is 0. The molecule has 0 bridgehead atoms. The molecule has 1 amide bonds. The van der Waals surface area contributed by atoms with E-state index in [-0.39, 0.29) is 5.91 Å². The molecule has 1 aliphatic heterocycles. The van der Waals surface area contributed by atoms with E-state index in [1.54, 1.807) is 43.2 Å². The number of hydrogen-bond donors (Lipinski definition) is 1. The summed E-state index contributed by atoms with van der Waals surface area (Å²) in [6.07, 6.45) is 10.0. The average Bonchev–Trinajstić information content (AvgIpc) is 2.84. The van der Waals surface area contributed by atoms with Crippen LogP contribution in [0.5, 0.6) is 0 Å². The van der Waals surface area contributed by atoms with Crippen molar-refractivity contribution >= 4 is 28.3 Å². The molecule has 0 aliphatic carbocycles. The predicted octanol–water partition coefficient (Wildman–Crippen LogP) is 2.49. The number of fused-ring (bicyclic) bond motifs is 1. The zero-order valence-electron chi connectivity index (χ0n) is 17.6. The summed E-state index contributed by atoms with van der Waals surface area (Å²) < 4.78 is 0. The van der Waals surface area contributed by atoms with Crippen LogP contribution >= 0.6 is 0 Å². The summed E-state index contributed by atoms with van der Waals surface area (Å²) in [5.74, 6) is 1.06. The Labute approximate surface area is 185 Å². The Kier molecular flexibility index (Phi) is 5.39. The van der Waals surface area contributed by atoms with Crippen molar-refractivity contribution in [3.8, 4) is 11.4 Å². The number of nitrogens with one attached hydrogen (secondary N) is 1. The van der Waals surface area contributed by atoms with Crippen LogP contribution in [0.2, 0.25) is 0 Å². The Hall–Kier alpha value is -3.98. The maximum absolute atomic E-state index is 12.9. The monoisotopic (exact) mass is 426 g/mol. The lowest BCUT2D eigenvalue weighted by atomic mass is 10.1. The lowest BCUT2D eigenvalue weighted by Crippen LogP contribution is -2.44. The molecule has 5 rings (SSSR count). The van der Waals surface area contributed by atoms with Gasteiger partial charge in [-0.1, -0.05) is 0 Å². The number of likely N-dealkylation sites (N-methyl/N-ethyl adjacent to an activating group) is 1. The van der Waals surface area contributed by atoms with E-state index in [9.17, 15) is 4.79 Å². The van der Waals surface area contributed by atoms with E-state index >= 15 is 0 Å². The number of carbonyl (C=O) groups excluding carboxylic acids is 1. The zero-order valence-corrected chi connectivity index (χ0v) is 17.6. The lowest BCUT2D eigenvalue weighted by Gasteiger charge is -2.33. The maximum atomic E-state index is 12.9. The van der Waals surface area contributed by atoms with Crippen molar-refractivity contribution in [2.75, 3.05) is 43.4 Å². The van der Waals surface area contributed by atoms with Crippen molar-refractivity contribution in [2.45, 2.75) is 0 Å². The normalized spacial score (nSPS) is 14.5. The third kappa shape index (κ3) is 4.23. The van der Waals surface area contributed by atoms with Crippen LogP contribution in [0.4, 0.5) is 11.6 Å². The van der Waals surface area contributed by atoms with Crippen LogP contribution in [0.1, 0.15) is 10.4 Å². The fourth-order valence-corrected chi connectivity index (χ4v) is 3.63. The second-order valence-electron chi connectivity index (χ2n) is 7.72. The molecule has 1 aliphatic rings. The molecule has 4 aromatic rings. The number of carbonyl (C=O) groups is 1. The summed E-state index contributed by atoms with van der Waals surface area (Å²) in [6.45, 7) is 3.74. The highest BCUT2D eigenvalue weighted by molar-refractivity contribution is 6.05. The molecule has 32 heavy (non-hydrogen) atoms. The summed E-state index contributed by atoms with van der Waals surface area (Å²) in [5.41, 5.74) is 1.94. The minimum absolute atomic E-state index is 0.224. The van der Waals surface area contributed by atoms with Crippen LogP contribution in [0.25, 0.3) is 22.2 Å². The lowest BCUT2D eigenvalue weighted by molar-refractivity contribution is 0.102. The summed E-state index contributed by atoms with van der Waals surface area (Å²) in [5, 5.41) is 4.67. The Morgan fingerprint density at radius 2 is 1.69 bits per heavy atom. The fraction of sp³-hybridized carbons (Fsp3) is 0.217. The molecule has 0 radical (unpaired) electrons. The predicted molar refractivity (Wildman–Crippen MR) is 122 cm³/mol. The van der Waals surface area contributed by atoms with Crippen molar-refractivity contribution in [2.24, 2.45) is 0 Å². The Morgan fingerprint density at radius 3 is 2.50 bits per heavy atom. The fourth-order valence-electron chi connectivity index (χ4n) is 3.63. The quantitative estimate of drug-likeness (QED) is 0.531. The number of nitrogens with zero attached hydrogens (tertiary/aromatic N) is 7. The highest BCUT2D eigenvalue weighted by atomic mass is 16.1. The molecule has 1 saturated heterocycles. The molecule has 1 N–H and O–H groups in total. The highest BCUT2D eigenvalue weighted by Gasteiger charge is 2.17. The smallest absolute Gasteiger partial charge is 0.257 e. The molecule has 0 saturated carbocycles. The van der Waals surface area contributed by atoms with E-state index in [0.717, 1.165) is 42.8 Å². The second kappa shape index (κ2) is 8.64. The number of aromatic nitrogens is 5. The van der Waals surface area contributed by atoms with E-state index in [1.807, 2.05) is 18.2 Å². The molecular formula is C23H22N8O. The topological polar surface area (TPSA) is 100 Å². The van der Waals surface area contributed by atoms with E-state index in [4.69, 9.17) is 0 Å². The molecule has 160 valence electrons. The standard InChI is InChI=1S/C23H22N8O/c1-30-6-8-31(9-7-30)22-12-16(2-3-26-22)23(32)29-21-11-17-10-19(20-15-24-4-5-25-20)27-13-18(17)14-28-21/h2-5,10-15H,6-9H2,1H3,(H,28,29,32). The first-order chi connectivity index (χ1) is 15.7. The number of rotatable bonds is 4. The van der Waals surface area contributed by atoms with Crippen LogP contribution in [0, 0.1) is 0 Å². The molecule has 1 fully saturated rings. The van der Waals surface area contributed by atoms with Crippen molar-refractivity contribution in [3.05, 3.63) is 67.0 Å². The first-order valence-corrected chi connectivity index (χ1v) is 10.4. The van der Waals surface area contributed by atoms with Gasteiger partial charge in [0.1, 0.15) is 17.3 Å². The third-order valence-electron chi connectivity index (χ3n) is 5.51. The number of anilines is 2. The number of pyridine rings is 3. The molecule has 5 heterocycles. The van der Waals surface area contributed by atoms with E-state index in [0.29, 0.717) is 22.8 Å². The highest BCUT2D eigenvalue weighted by Crippen LogP contribution is 2.22. The SMILES string of the molecule is CN1CCN(c2cc(C(=O)Nc3cc4cc(-c5cnccn5)ncc4cn3)ccn2)CC1. The van der Waals surface area contributed by atoms with Crippen molar-refractivity contribution in [1.29, 1.82) is 0 Å². The van der Waals surface area contributed by atoms with E-state index < -0.39 is 0 Å². The summed E-state index contributed by atoms with van der Waals surface area (Å²) in [7, 11) is 2.11. The molecular weight excluding hydrogens is 404 g/mol. The first-order valence-electron chi connectivity index (χ1n) is 10.4. The molecule has 9 heteroatoms. The van der Waals surface area contributed by atoms with Crippen LogP contribution < -0.4 is 10.2 Å². The minimum atomic E-state index is -0.224. The molecule has 4 aromatic heterocycles. The van der Waals surface area contributed by atoms with Crippen LogP contribution in [-0.2, 0) is 0 Å². The second-order valence-corrected chi connectivity index (χ2v) is 7.72. The van der Waals surface area contributed by atoms with E-state index in [1.165, 1.54) is 0 Å². The van der Waals surface area contributed by atoms with Gasteiger partial charge in [-0.2, -0.15) is 0 Å². The molecule has 9 nitrogen and oxygen atoms in total. The van der Waals surface area contributed by atoms with Gasteiger partial charge in [0.2, 0.25) is 0 Å². The maximum Gasteiger partial charge on any atom is 0.257 e. The van der Waals surface area contributed by atoms with Gasteiger partial charge in [-0.15, -0.1) is 0 Å². The molecule has 0 unspecified atom stereocenters. The molecule has 0 atom stereocenters. The molecule has 0 spiro atoms. The van der Waals surface area contributed by atoms with Crippen molar-refractivity contribution in [1.82, 2.24) is 29.8 Å². The van der Waals surface area contributed by atoms with Crippen molar-refractivity contribution < 1.29 is 4.79 Å². The van der Waals surface area contributed by atoms with Gasteiger partial charge in [-0.25, -0.2) is 9.97 Å². The molecule has 0 aromatic carbocycles. The van der Waals surface area contributed by atoms with Gasteiger partial charge in [-0.3, -0.25) is 19.7 Å². The Balaban J connectivity index is 1.36. The number of piperazine rings is 1. The van der Waals surface area contributed by atoms with Crippen LogP contribution in [0.3, 0.4) is 0 Å². The average molecular weight is 426 g/mol. The minimum Gasteiger partial charge on any atom is -0.354 e. The van der Waals surface area contributed by atoms with Gasteiger partial charge in [0, 0.05) is 68.1 Å². The zero-order chi connectivity index (χ0) is 21.9. The summed E-state index contributed by atoms with van der Waals surface area (Å²) in [6, 6.07) is 7.29. The largest absolute Gasteiger partial charge is 0.354 e. The van der Waals surface area contributed by atoms with Crippen LogP contribution in [-0.4, -0.2) is 69.0 Å². The van der Waals surface area contributed by atoms with Gasteiger partial charge in [-0.05, 0) is 36.7 Å². The van der Waals surface area contributed by atoms with Crippen LogP contribution in [0.15, 0.2) is 61.4 Å². The Morgan fingerprint density at radius 1 is 0.844 bits per heavy atom. The van der Waals surface area contributed by atoms with Gasteiger partial charge < -0.3 is 15.1 Å². The van der Waals surface area contributed by atoms with Gasteiger partial charge in [0.25, 0.3) is 5.91 Å². The third-order valence-corrected chi connectivity index (χ3v) is 5.51. The van der Waals surface area contributed by atoms with E-state index in [2.05, 4.69) is 47.1 Å². The van der Waals surface area contributed by atoms with Crippen molar-refractivity contribution in [3.63, 3.8) is 0 Å².